The van der Waals surface area contributed by atoms with Gasteiger partial charge in [0.25, 0.3) is 5.97 Å². The minimum atomic E-state index is -0.833. The van der Waals surface area contributed by atoms with Crippen LogP contribution in [0.4, 0.5) is 0 Å². The molecule has 1 fully saturated rings. The van der Waals surface area contributed by atoms with Gasteiger partial charge in [-0.3, -0.25) is 14.5 Å². The van der Waals surface area contributed by atoms with E-state index in [1.807, 2.05) is 12.1 Å². The molecular weight excluding hydrogens is 474 g/mol. The summed E-state index contributed by atoms with van der Waals surface area (Å²) in [4.78, 5) is 35.6. The van der Waals surface area contributed by atoms with Crippen molar-refractivity contribution in [1.29, 1.82) is 0 Å². The molecule has 3 rings (SSSR count). The summed E-state index contributed by atoms with van der Waals surface area (Å²) in [6.07, 6.45) is 2.47. The number of carbonyl (C=O) groups is 3. The fraction of sp³-hybridized carbons (Fsp3) is 0.393. The second-order valence-corrected chi connectivity index (χ2v) is 8.94. The molecule has 0 aliphatic carbocycles. The number of hydrogen-bond acceptors (Lipinski definition) is 7. The number of aliphatic carboxylic acids is 1. The number of hydrogen-bond donors (Lipinski definition) is 4. The highest BCUT2D eigenvalue weighted by Gasteiger charge is 2.27. The van der Waals surface area contributed by atoms with Crippen molar-refractivity contribution in [3.05, 3.63) is 77.0 Å². The summed E-state index contributed by atoms with van der Waals surface area (Å²) in [5.74, 6) is -0.907. The zero-order chi connectivity index (χ0) is 27.2. The molecule has 1 unspecified atom stereocenters. The number of likely N-dealkylation sites (N-methyl/N-ethyl adjacent to an activating group) is 1. The maximum absolute atomic E-state index is 13.1. The molecule has 1 heterocycles. The zero-order valence-corrected chi connectivity index (χ0v) is 21.6. The van der Waals surface area contributed by atoms with E-state index in [9.17, 15) is 14.7 Å². The number of phenolic OH excluding ortho intramolecular Hbond substituents is 1. The van der Waals surface area contributed by atoms with Crippen LogP contribution in [-0.2, 0) is 25.7 Å². The number of carbonyl (C=O) groups excluding carboxylic acids is 2. The van der Waals surface area contributed by atoms with E-state index in [-0.39, 0.29) is 5.75 Å². The van der Waals surface area contributed by atoms with Gasteiger partial charge in [-0.25, -0.2) is 4.79 Å². The molecular formula is C28H37N3O6. The maximum Gasteiger partial charge on any atom is 0.337 e. The number of ether oxygens (including phenoxy) is 1. The molecule has 0 aromatic heterocycles. The van der Waals surface area contributed by atoms with Crippen LogP contribution in [0.15, 0.2) is 65.9 Å². The second-order valence-electron chi connectivity index (χ2n) is 8.94. The third kappa shape index (κ3) is 10.1. The van der Waals surface area contributed by atoms with E-state index in [1.54, 1.807) is 32.2 Å². The lowest BCUT2D eigenvalue weighted by atomic mass is 9.96. The van der Waals surface area contributed by atoms with Crippen LogP contribution in [0.2, 0.25) is 0 Å². The van der Waals surface area contributed by atoms with Gasteiger partial charge >= 0.3 is 5.97 Å². The number of likely N-dealkylation sites (tertiary alicyclic amines) is 1. The van der Waals surface area contributed by atoms with Crippen molar-refractivity contribution in [2.75, 3.05) is 26.7 Å². The molecule has 200 valence electrons. The zero-order valence-electron chi connectivity index (χ0n) is 21.6. The Morgan fingerprint density at radius 1 is 1.11 bits per heavy atom. The van der Waals surface area contributed by atoms with Gasteiger partial charge in [0.05, 0.1) is 18.2 Å². The van der Waals surface area contributed by atoms with Gasteiger partial charge in [-0.2, -0.15) is 0 Å². The van der Waals surface area contributed by atoms with Gasteiger partial charge in [0.15, 0.2) is 0 Å². The largest absolute Gasteiger partial charge is 0.508 e. The number of amides is 1. The molecule has 0 radical (unpaired) electrons. The number of nitrogens with one attached hydrogen (secondary N) is 2. The molecule has 9 heteroatoms. The van der Waals surface area contributed by atoms with Crippen LogP contribution in [-0.4, -0.2) is 60.2 Å². The molecule has 1 aliphatic heterocycles. The number of carboxylic acids is 1. The highest BCUT2D eigenvalue weighted by atomic mass is 16.5. The van der Waals surface area contributed by atoms with Gasteiger partial charge in [0, 0.05) is 19.2 Å². The van der Waals surface area contributed by atoms with E-state index in [4.69, 9.17) is 14.6 Å². The summed E-state index contributed by atoms with van der Waals surface area (Å²) < 4.78 is 5.73. The molecule has 2 aromatic rings. The summed E-state index contributed by atoms with van der Waals surface area (Å²) in [6, 6.07) is 16.6. The standard InChI is InChI=1S/C26H33N3O4.C2H4O2/c1-19(28-18-30)24(25(27-2)22-9-6-10-23(31)15-22)26(32)33-17-21-11-13-29(14-12-21)16-20-7-4-3-5-8-20;1-2(3)4/h3-10,15,18,21,25,27,31H,11-14,16-17H2,1-2H3,(H,28,30);1H3,(H,3,4)/b24-19+;. The number of rotatable bonds is 10. The first kappa shape index (κ1) is 29.5. The van der Waals surface area contributed by atoms with Crippen LogP contribution in [0.1, 0.15) is 43.9 Å². The van der Waals surface area contributed by atoms with Gasteiger partial charge < -0.3 is 25.6 Å². The Balaban J connectivity index is 0.00000112. The first-order valence-corrected chi connectivity index (χ1v) is 12.2. The van der Waals surface area contributed by atoms with Crippen molar-refractivity contribution in [2.24, 2.45) is 5.92 Å². The Labute approximate surface area is 218 Å². The number of benzene rings is 2. The van der Waals surface area contributed by atoms with Gasteiger partial charge in [-0.15, -0.1) is 0 Å². The van der Waals surface area contributed by atoms with Crippen molar-refractivity contribution in [2.45, 2.75) is 39.3 Å². The van der Waals surface area contributed by atoms with E-state index in [2.05, 4.69) is 39.8 Å². The number of carboxylic acid groups (broad SMARTS) is 1. The molecule has 37 heavy (non-hydrogen) atoms. The Bertz CT molecular complexity index is 1040. The van der Waals surface area contributed by atoms with E-state index >= 15 is 0 Å². The first-order chi connectivity index (χ1) is 17.7. The third-order valence-corrected chi connectivity index (χ3v) is 6.09. The number of esters is 1. The highest BCUT2D eigenvalue weighted by molar-refractivity contribution is 5.91. The normalized spacial score (nSPS) is 15.4. The van der Waals surface area contributed by atoms with Crippen LogP contribution in [0, 0.1) is 5.92 Å². The summed E-state index contributed by atoms with van der Waals surface area (Å²) in [5, 5.41) is 23.0. The molecule has 4 N–H and O–H groups in total. The van der Waals surface area contributed by atoms with Gasteiger partial charge in [-0.1, -0.05) is 42.5 Å². The minimum Gasteiger partial charge on any atom is -0.508 e. The Morgan fingerprint density at radius 3 is 2.32 bits per heavy atom. The smallest absolute Gasteiger partial charge is 0.337 e. The topological polar surface area (TPSA) is 128 Å². The van der Waals surface area contributed by atoms with E-state index in [1.165, 1.54) is 5.56 Å². The fourth-order valence-corrected chi connectivity index (χ4v) is 4.26. The third-order valence-electron chi connectivity index (χ3n) is 6.09. The predicted molar refractivity (Wildman–Crippen MR) is 141 cm³/mol. The number of aromatic hydroxyl groups is 1. The maximum atomic E-state index is 13.1. The van der Waals surface area contributed by atoms with Crippen LogP contribution in [0.5, 0.6) is 5.75 Å². The van der Waals surface area contributed by atoms with Crippen LogP contribution >= 0.6 is 0 Å². The van der Waals surface area contributed by atoms with Crippen molar-refractivity contribution in [3.8, 4) is 5.75 Å². The van der Waals surface area contributed by atoms with Gasteiger partial charge in [-0.05, 0) is 69.1 Å². The van der Waals surface area contributed by atoms with Gasteiger partial charge in [0.1, 0.15) is 5.75 Å². The molecule has 1 aliphatic rings. The predicted octanol–water partition coefficient (Wildman–Crippen LogP) is 3.22. The molecule has 0 bridgehead atoms. The monoisotopic (exact) mass is 511 g/mol. The number of nitrogens with zero attached hydrogens (tertiary/aromatic N) is 1. The van der Waals surface area contributed by atoms with E-state index in [0.717, 1.165) is 39.4 Å². The van der Waals surface area contributed by atoms with E-state index < -0.39 is 18.0 Å². The number of piperidine rings is 1. The van der Waals surface area contributed by atoms with Crippen molar-refractivity contribution < 1.29 is 29.3 Å². The Morgan fingerprint density at radius 2 is 1.76 bits per heavy atom. The Kier molecular flexibility index (Phi) is 12.3. The summed E-state index contributed by atoms with van der Waals surface area (Å²) in [6.45, 7) is 5.96. The van der Waals surface area contributed by atoms with Gasteiger partial charge in [0.2, 0.25) is 6.41 Å². The van der Waals surface area contributed by atoms with Crippen LogP contribution < -0.4 is 10.6 Å². The van der Waals surface area contributed by atoms with Crippen LogP contribution in [0.3, 0.4) is 0 Å². The van der Waals surface area contributed by atoms with E-state index in [0.29, 0.717) is 35.8 Å². The highest BCUT2D eigenvalue weighted by Crippen LogP contribution is 2.28. The average molecular weight is 512 g/mol. The summed E-state index contributed by atoms with van der Waals surface area (Å²) >= 11 is 0. The minimum absolute atomic E-state index is 0.101. The van der Waals surface area contributed by atoms with Crippen molar-refractivity contribution in [1.82, 2.24) is 15.5 Å². The first-order valence-electron chi connectivity index (χ1n) is 12.2. The molecule has 0 saturated carbocycles. The molecule has 1 amide bonds. The Hall–Kier alpha value is -3.69. The fourth-order valence-electron chi connectivity index (χ4n) is 4.26. The molecule has 9 nitrogen and oxygen atoms in total. The lowest BCUT2D eigenvalue weighted by molar-refractivity contribution is -0.141. The summed E-state index contributed by atoms with van der Waals surface area (Å²) in [5.41, 5.74) is 2.73. The quantitative estimate of drug-likeness (QED) is 0.218. The number of allylic oxidation sites excluding steroid dienone is 1. The number of phenols is 1. The lowest BCUT2D eigenvalue weighted by Gasteiger charge is -2.32. The van der Waals surface area contributed by atoms with Crippen LogP contribution in [0.25, 0.3) is 0 Å². The second kappa shape index (κ2) is 15.4. The van der Waals surface area contributed by atoms with Crippen molar-refractivity contribution >= 4 is 18.3 Å². The van der Waals surface area contributed by atoms with Crippen molar-refractivity contribution in [3.63, 3.8) is 0 Å². The summed E-state index contributed by atoms with van der Waals surface area (Å²) in [7, 11) is 1.72. The lowest BCUT2D eigenvalue weighted by Crippen LogP contribution is -2.35. The molecule has 1 atom stereocenters. The molecule has 1 saturated heterocycles. The SMILES string of the molecule is CC(=O)O.CNC(/C(C(=O)OCC1CCN(Cc2ccccc2)CC1)=C(/C)NC=O)c1cccc(O)c1. The average Bonchev–Trinajstić information content (AvgIpc) is 2.87. The molecule has 0 spiro atoms. The molecule has 2 aromatic carbocycles.